The van der Waals surface area contributed by atoms with Crippen molar-refractivity contribution in [2.45, 2.75) is 27.3 Å². The lowest BCUT2D eigenvalue weighted by Gasteiger charge is -2.08. The number of nitrogens with one attached hydrogen (secondary N) is 1. The number of thiophene rings is 1. The van der Waals surface area contributed by atoms with Gasteiger partial charge in [-0.15, -0.1) is 11.3 Å². The Kier molecular flexibility index (Phi) is 4.85. The summed E-state index contributed by atoms with van der Waals surface area (Å²) >= 11 is 1.38. The monoisotopic (exact) mass is 357 g/mol. The SMILES string of the molecule is CCOC(=O)c1c(NC(=O)Cn2cnc3ccccc32)sc(C)c1C. The van der Waals surface area contributed by atoms with Gasteiger partial charge in [0.1, 0.15) is 11.5 Å². The van der Waals surface area contributed by atoms with E-state index in [0.717, 1.165) is 21.5 Å². The molecule has 0 aliphatic rings. The Bertz CT molecular complexity index is 942. The normalized spacial score (nSPS) is 10.8. The standard InChI is InChI=1S/C18H19N3O3S/c1-4-24-18(23)16-11(2)12(3)25-17(16)20-15(22)9-21-10-19-13-7-5-6-8-14(13)21/h5-8,10H,4,9H2,1-3H3,(H,20,22). The molecule has 25 heavy (non-hydrogen) atoms. The number of aromatic nitrogens is 2. The molecule has 0 saturated heterocycles. The van der Waals surface area contributed by atoms with E-state index in [-0.39, 0.29) is 12.5 Å². The fourth-order valence-electron chi connectivity index (χ4n) is 2.62. The van der Waals surface area contributed by atoms with Gasteiger partial charge in [-0.1, -0.05) is 12.1 Å². The molecule has 1 N–H and O–H groups in total. The molecule has 0 bridgehead atoms. The minimum Gasteiger partial charge on any atom is -0.462 e. The number of amides is 1. The minimum absolute atomic E-state index is 0.124. The number of aryl methyl sites for hydroxylation is 1. The summed E-state index contributed by atoms with van der Waals surface area (Å²) in [5, 5.41) is 3.38. The fourth-order valence-corrected chi connectivity index (χ4v) is 3.69. The van der Waals surface area contributed by atoms with E-state index in [9.17, 15) is 9.59 Å². The van der Waals surface area contributed by atoms with E-state index >= 15 is 0 Å². The van der Waals surface area contributed by atoms with Crippen molar-refractivity contribution in [1.29, 1.82) is 0 Å². The van der Waals surface area contributed by atoms with E-state index in [4.69, 9.17) is 4.74 Å². The van der Waals surface area contributed by atoms with Crippen molar-refractivity contribution in [2.75, 3.05) is 11.9 Å². The first kappa shape index (κ1) is 17.2. The Morgan fingerprint density at radius 2 is 2.04 bits per heavy atom. The zero-order chi connectivity index (χ0) is 18.0. The molecule has 3 aromatic rings. The number of hydrogen-bond donors (Lipinski definition) is 1. The van der Waals surface area contributed by atoms with Crippen molar-refractivity contribution in [3.05, 3.63) is 46.6 Å². The molecule has 130 valence electrons. The number of esters is 1. The molecule has 0 aliphatic heterocycles. The highest BCUT2D eigenvalue weighted by Gasteiger charge is 2.22. The lowest BCUT2D eigenvalue weighted by Crippen LogP contribution is -2.19. The highest BCUT2D eigenvalue weighted by molar-refractivity contribution is 7.16. The van der Waals surface area contributed by atoms with Gasteiger partial charge in [0, 0.05) is 4.88 Å². The molecule has 6 nitrogen and oxygen atoms in total. The number of nitrogens with zero attached hydrogens (tertiary/aromatic N) is 2. The van der Waals surface area contributed by atoms with Crippen molar-refractivity contribution in [3.8, 4) is 0 Å². The molecule has 2 heterocycles. The summed E-state index contributed by atoms with van der Waals surface area (Å²) in [5.74, 6) is -0.623. The molecule has 7 heteroatoms. The van der Waals surface area contributed by atoms with Crippen LogP contribution < -0.4 is 5.32 Å². The van der Waals surface area contributed by atoms with Crippen LogP contribution in [0.5, 0.6) is 0 Å². The Hall–Kier alpha value is -2.67. The van der Waals surface area contributed by atoms with Crippen LogP contribution in [-0.4, -0.2) is 28.0 Å². The average Bonchev–Trinajstić information content (AvgIpc) is 3.09. The predicted molar refractivity (Wildman–Crippen MR) is 98.1 cm³/mol. The lowest BCUT2D eigenvalue weighted by molar-refractivity contribution is -0.116. The van der Waals surface area contributed by atoms with Gasteiger partial charge in [0.25, 0.3) is 0 Å². The number of rotatable bonds is 5. The zero-order valence-corrected chi connectivity index (χ0v) is 15.1. The number of fused-ring (bicyclic) bond motifs is 1. The number of anilines is 1. The molecule has 0 atom stereocenters. The molecule has 0 fully saturated rings. The van der Waals surface area contributed by atoms with E-state index < -0.39 is 5.97 Å². The van der Waals surface area contributed by atoms with Gasteiger partial charge in [-0.2, -0.15) is 0 Å². The summed E-state index contributed by atoms with van der Waals surface area (Å²) < 4.78 is 6.89. The molecule has 1 amide bonds. The predicted octanol–water partition coefficient (Wildman–Crippen LogP) is 3.53. The largest absolute Gasteiger partial charge is 0.462 e. The summed E-state index contributed by atoms with van der Waals surface area (Å²) in [7, 11) is 0. The Balaban J connectivity index is 1.81. The summed E-state index contributed by atoms with van der Waals surface area (Å²) in [5.41, 5.74) is 3.01. The molecule has 3 rings (SSSR count). The van der Waals surface area contributed by atoms with Crippen LogP contribution in [0.25, 0.3) is 11.0 Å². The molecule has 0 aliphatic carbocycles. The first-order chi connectivity index (χ1) is 12.0. The first-order valence-corrected chi connectivity index (χ1v) is 8.79. The van der Waals surface area contributed by atoms with E-state index in [2.05, 4.69) is 10.3 Å². The van der Waals surface area contributed by atoms with Crippen molar-refractivity contribution < 1.29 is 14.3 Å². The number of ether oxygens (including phenoxy) is 1. The third kappa shape index (κ3) is 3.41. The van der Waals surface area contributed by atoms with Crippen LogP contribution in [-0.2, 0) is 16.1 Å². The second-order valence-corrected chi connectivity index (χ2v) is 6.84. The summed E-state index contributed by atoms with van der Waals surface area (Å²) in [6, 6.07) is 7.62. The van der Waals surface area contributed by atoms with E-state index in [0.29, 0.717) is 17.2 Å². The Morgan fingerprint density at radius 3 is 2.80 bits per heavy atom. The van der Waals surface area contributed by atoms with E-state index in [1.54, 1.807) is 17.8 Å². The summed E-state index contributed by atoms with van der Waals surface area (Å²) in [6.07, 6.45) is 1.64. The maximum Gasteiger partial charge on any atom is 0.341 e. The van der Waals surface area contributed by atoms with Crippen molar-refractivity contribution in [1.82, 2.24) is 9.55 Å². The average molecular weight is 357 g/mol. The van der Waals surface area contributed by atoms with Crippen LogP contribution in [0, 0.1) is 13.8 Å². The third-order valence-corrected chi connectivity index (χ3v) is 5.08. The van der Waals surface area contributed by atoms with Crippen molar-refractivity contribution in [3.63, 3.8) is 0 Å². The number of benzene rings is 1. The van der Waals surface area contributed by atoms with Crippen molar-refractivity contribution in [2.24, 2.45) is 0 Å². The number of carbonyl (C=O) groups excluding carboxylic acids is 2. The second kappa shape index (κ2) is 7.06. The minimum atomic E-state index is -0.410. The van der Waals surface area contributed by atoms with Gasteiger partial charge in [-0.25, -0.2) is 9.78 Å². The summed E-state index contributed by atoms with van der Waals surface area (Å²) in [4.78, 5) is 29.9. The maximum atomic E-state index is 12.5. The maximum absolute atomic E-state index is 12.5. The molecule has 0 saturated carbocycles. The van der Waals surface area contributed by atoms with Crippen LogP contribution in [0.3, 0.4) is 0 Å². The van der Waals surface area contributed by atoms with Gasteiger partial charge >= 0.3 is 5.97 Å². The molecular weight excluding hydrogens is 338 g/mol. The molecular formula is C18H19N3O3S. The molecule has 0 spiro atoms. The number of carbonyl (C=O) groups is 2. The van der Waals surface area contributed by atoms with Crippen LogP contribution in [0.4, 0.5) is 5.00 Å². The number of hydrogen-bond acceptors (Lipinski definition) is 5. The first-order valence-electron chi connectivity index (χ1n) is 7.98. The Morgan fingerprint density at radius 1 is 1.28 bits per heavy atom. The Labute approximate surface area is 149 Å². The highest BCUT2D eigenvalue weighted by atomic mass is 32.1. The van der Waals surface area contributed by atoms with Gasteiger partial charge in [-0.05, 0) is 38.5 Å². The lowest BCUT2D eigenvalue weighted by atomic mass is 10.1. The summed E-state index contributed by atoms with van der Waals surface area (Å²) in [6.45, 7) is 5.95. The quantitative estimate of drug-likeness (QED) is 0.709. The molecule has 0 unspecified atom stereocenters. The second-order valence-electron chi connectivity index (χ2n) is 5.62. The van der Waals surface area contributed by atoms with Crippen LogP contribution in [0.15, 0.2) is 30.6 Å². The molecule has 1 aromatic carbocycles. The molecule has 0 radical (unpaired) electrons. The van der Waals surface area contributed by atoms with Gasteiger partial charge in [0.05, 0.1) is 29.5 Å². The van der Waals surface area contributed by atoms with Crippen LogP contribution in [0.2, 0.25) is 0 Å². The van der Waals surface area contributed by atoms with Crippen LogP contribution in [0.1, 0.15) is 27.7 Å². The van der Waals surface area contributed by atoms with E-state index in [1.165, 1.54) is 11.3 Å². The van der Waals surface area contributed by atoms with Crippen LogP contribution >= 0.6 is 11.3 Å². The third-order valence-electron chi connectivity index (χ3n) is 3.96. The van der Waals surface area contributed by atoms with Gasteiger partial charge in [0.15, 0.2) is 0 Å². The fraction of sp³-hybridized carbons (Fsp3) is 0.278. The van der Waals surface area contributed by atoms with E-state index in [1.807, 2.05) is 38.1 Å². The zero-order valence-electron chi connectivity index (χ0n) is 14.3. The number of para-hydroxylation sites is 2. The molecule has 2 aromatic heterocycles. The smallest absolute Gasteiger partial charge is 0.341 e. The van der Waals surface area contributed by atoms with Crippen molar-refractivity contribution >= 4 is 39.2 Å². The van der Waals surface area contributed by atoms with Gasteiger partial charge < -0.3 is 14.6 Å². The topological polar surface area (TPSA) is 73.2 Å². The highest BCUT2D eigenvalue weighted by Crippen LogP contribution is 2.33. The van der Waals surface area contributed by atoms with Gasteiger partial charge in [-0.3, -0.25) is 4.79 Å². The van der Waals surface area contributed by atoms with Gasteiger partial charge in [0.2, 0.25) is 5.91 Å². The number of imidazole rings is 1.